The van der Waals surface area contributed by atoms with E-state index in [9.17, 15) is 46.2 Å². The number of carboxylic acid groups (broad SMARTS) is 2. The molecule has 6 aromatic rings. The Balaban J connectivity index is 0.000000274. The number of carbonyl (C=O) groups is 4. The van der Waals surface area contributed by atoms with Crippen LogP contribution in [-0.4, -0.2) is 95.8 Å². The fourth-order valence-corrected chi connectivity index (χ4v) is 11.3. The molecule has 0 saturated carbocycles. The lowest BCUT2D eigenvalue weighted by Crippen LogP contribution is -2.39. The van der Waals surface area contributed by atoms with E-state index in [1.54, 1.807) is 69.8 Å². The second kappa shape index (κ2) is 27.6. The van der Waals surface area contributed by atoms with Crippen LogP contribution in [0.2, 0.25) is 0 Å². The number of carboxylic acids is 2. The largest absolute Gasteiger partial charge is 0.476 e. The molecule has 4 aromatic carbocycles. The molecule has 0 radical (unpaired) electrons. The Morgan fingerprint density at radius 1 is 0.527 bits per heavy atom. The number of nitrogens with one attached hydrogen (secondary N) is 4. The number of thioether (sulfide) groups is 2. The Morgan fingerprint density at radius 3 is 1.19 bits per heavy atom. The van der Waals surface area contributed by atoms with Crippen molar-refractivity contribution in [3.63, 3.8) is 0 Å². The molecule has 2 heterocycles. The van der Waals surface area contributed by atoms with Gasteiger partial charge in [0.15, 0.2) is 11.4 Å². The van der Waals surface area contributed by atoms with Crippen LogP contribution in [0.1, 0.15) is 110 Å². The van der Waals surface area contributed by atoms with E-state index < -0.39 is 44.0 Å². The normalized spacial score (nSPS) is 11.3. The second-order valence-corrected chi connectivity index (χ2v) is 21.8. The smallest absolute Gasteiger partial charge is 0.355 e. The van der Waals surface area contributed by atoms with Crippen molar-refractivity contribution < 1.29 is 46.2 Å². The van der Waals surface area contributed by atoms with Gasteiger partial charge in [-0.05, 0) is 72.6 Å². The molecule has 2 aromatic heterocycles. The molecular weight excluding hydrogens is 1020 g/mol. The lowest BCUT2D eigenvalue weighted by atomic mass is 10.0. The summed E-state index contributed by atoms with van der Waals surface area (Å²) < 4.78 is 59.3. The Bertz CT molecular complexity index is 2910. The number of carbonyl (C=O) groups excluding carboxylic acids is 2. The molecular formula is C52H64N8O10S4. The first kappa shape index (κ1) is 58.3. The van der Waals surface area contributed by atoms with Crippen LogP contribution in [0.4, 0.5) is 9.59 Å². The predicted octanol–water partition coefficient (Wildman–Crippen LogP) is 9.52. The number of aromatic carboxylic acids is 2. The average Bonchev–Trinajstić information content (AvgIpc) is 3.93. The Kier molecular flexibility index (Phi) is 21.7. The fourth-order valence-electron chi connectivity index (χ4n) is 7.77. The number of urea groups is 2. The summed E-state index contributed by atoms with van der Waals surface area (Å²) in [5.41, 5.74) is 4.26. The summed E-state index contributed by atoms with van der Waals surface area (Å²) >= 11 is 2.62. The molecule has 396 valence electrons. The number of unbranched alkanes of at least 4 members (excludes halogenated alkanes) is 2. The fraction of sp³-hybridized carbons (Fsp3) is 0.346. The zero-order valence-corrected chi connectivity index (χ0v) is 45.6. The number of nitrogens with zero attached hydrogens (tertiary/aromatic N) is 4. The molecule has 0 saturated heterocycles. The highest BCUT2D eigenvalue weighted by molar-refractivity contribution is 7.98. The van der Waals surface area contributed by atoms with Crippen molar-refractivity contribution in [2.45, 2.75) is 112 Å². The first-order valence-electron chi connectivity index (χ1n) is 24.1. The van der Waals surface area contributed by atoms with Crippen LogP contribution < -0.4 is 20.1 Å². The number of aromatic nitrogens is 4. The number of aryl methyl sites for hydroxylation is 2. The number of hydrogen-bond acceptors (Lipinski definition) is 12. The van der Waals surface area contributed by atoms with Gasteiger partial charge in [0.1, 0.15) is 21.7 Å². The van der Waals surface area contributed by atoms with Crippen LogP contribution in [0.25, 0.3) is 22.3 Å². The number of hydrogen-bond donors (Lipinski definition) is 6. The van der Waals surface area contributed by atoms with Gasteiger partial charge in [0.25, 0.3) is 20.0 Å². The van der Waals surface area contributed by atoms with Crippen molar-refractivity contribution in [2.24, 2.45) is 0 Å². The number of amides is 4. The van der Waals surface area contributed by atoms with Gasteiger partial charge in [-0.25, -0.2) is 55.4 Å². The van der Waals surface area contributed by atoms with Crippen LogP contribution in [0, 0.1) is 0 Å². The van der Waals surface area contributed by atoms with E-state index in [0.717, 1.165) is 48.5 Å². The van der Waals surface area contributed by atoms with E-state index in [4.69, 9.17) is 0 Å². The molecule has 0 unspecified atom stereocenters. The summed E-state index contributed by atoms with van der Waals surface area (Å²) in [5.74, 6) is -0.579. The van der Waals surface area contributed by atoms with Gasteiger partial charge in [0.2, 0.25) is 0 Å². The van der Waals surface area contributed by atoms with Gasteiger partial charge in [0, 0.05) is 50.1 Å². The lowest BCUT2D eigenvalue weighted by molar-refractivity contribution is 0.0670. The van der Waals surface area contributed by atoms with Gasteiger partial charge in [-0.1, -0.05) is 125 Å². The van der Waals surface area contributed by atoms with Crippen molar-refractivity contribution in [2.75, 3.05) is 25.6 Å². The standard InChI is InChI=1S/2C26H32N4O5S2/c2*1-4-6-11-22-28-24(36-3)23(25(31)32)30(22)17-18-12-14-19(15-13-18)20-9-7-8-10-21(20)37(34,35)29-26(33)27-16-5-2/h2*7-10,12-15H,4-6,11,16-17H2,1-3H3,(H,31,32)(H2,27,29,33). The summed E-state index contributed by atoms with van der Waals surface area (Å²) in [4.78, 5) is 57.1. The quantitative estimate of drug-likeness (QED) is 0.0309. The highest BCUT2D eigenvalue weighted by Gasteiger charge is 2.26. The molecule has 0 aliphatic heterocycles. The maximum Gasteiger partial charge on any atom is 0.355 e. The van der Waals surface area contributed by atoms with E-state index in [-0.39, 0.29) is 21.2 Å². The van der Waals surface area contributed by atoms with Gasteiger partial charge in [-0.2, -0.15) is 0 Å². The first-order valence-corrected chi connectivity index (χ1v) is 29.6. The lowest BCUT2D eigenvalue weighted by Gasteiger charge is -2.14. The molecule has 0 atom stereocenters. The highest BCUT2D eigenvalue weighted by atomic mass is 32.2. The first-order chi connectivity index (χ1) is 35.4. The zero-order chi connectivity index (χ0) is 54.0. The van der Waals surface area contributed by atoms with E-state index >= 15 is 0 Å². The number of benzene rings is 4. The number of sulfonamides is 2. The minimum absolute atomic E-state index is 0.0105. The van der Waals surface area contributed by atoms with Crippen LogP contribution in [0.3, 0.4) is 0 Å². The zero-order valence-electron chi connectivity index (χ0n) is 42.3. The molecule has 22 heteroatoms. The average molecular weight is 1090 g/mol. The third-order valence-electron chi connectivity index (χ3n) is 11.4. The molecule has 6 N–H and O–H groups in total. The van der Waals surface area contributed by atoms with E-state index in [1.165, 1.54) is 35.7 Å². The Morgan fingerprint density at radius 2 is 0.878 bits per heavy atom. The molecule has 0 aliphatic carbocycles. The minimum atomic E-state index is -4.10. The molecule has 0 spiro atoms. The third kappa shape index (κ3) is 15.2. The van der Waals surface area contributed by atoms with Crippen molar-refractivity contribution in [3.05, 3.63) is 131 Å². The molecule has 4 amide bonds. The molecule has 0 fully saturated rings. The van der Waals surface area contributed by atoms with Crippen molar-refractivity contribution in [1.82, 2.24) is 39.2 Å². The van der Waals surface area contributed by atoms with Gasteiger partial charge in [-0.15, -0.1) is 23.5 Å². The van der Waals surface area contributed by atoms with Crippen LogP contribution in [0.15, 0.2) is 117 Å². The summed E-state index contributed by atoms with van der Waals surface area (Å²) in [5, 5.41) is 25.7. The van der Waals surface area contributed by atoms with Crippen LogP contribution >= 0.6 is 23.5 Å². The Labute approximate surface area is 441 Å². The minimum Gasteiger partial charge on any atom is -0.476 e. The van der Waals surface area contributed by atoms with E-state index in [2.05, 4.69) is 43.9 Å². The Hall–Kier alpha value is -6.62. The van der Waals surface area contributed by atoms with Crippen LogP contribution in [-0.2, 0) is 46.0 Å². The van der Waals surface area contributed by atoms with Gasteiger partial charge < -0.3 is 30.0 Å². The van der Waals surface area contributed by atoms with E-state index in [0.29, 0.717) is 84.2 Å². The van der Waals surface area contributed by atoms with Crippen molar-refractivity contribution >= 4 is 67.6 Å². The predicted molar refractivity (Wildman–Crippen MR) is 289 cm³/mol. The molecule has 74 heavy (non-hydrogen) atoms. The summed E-state index contributed by atoms with van der Waals surface area (Å²) in [6.07, 6.45) is 10.1. The maximum absolute atomic E-state index is 12.9. The third-order valence-corrected chi connectivity index (χ3v) is 15.5. The number of imidazole rings is 2. The van der Waals surface area contributed by atoms with Crippen molar-refractivity contribution in [3.8, 4) is 22.3 Å². The van der Waals surface area contributed by atoms with Gasteiger partial charge in [-0.3, -0.25) is 0 Å². The highest BCUT2D eigenvalue weighted by Crippen LogP contribution is 2.31. The molecule has 0 aliphatic rings. The molecule has 6 rings (SSSR count). The second-order valence-electron chi connectivity index (χ2n) is 16.9. The summed E-state index contributed by atoms with van der Waals surface area (Å²) in [6, 6.07) is 25.9. The number of rotatable bonds is 24. The summed E-state index contributed by atoms with van der Waals surface area (Å²) in [7, 11) is -8.20. The van der Waals surface area contributed by atoms with Crippen LogP contribution in [0.5, 0.6) is 0 Å². The molecule has 0 bridgehead atoms. The topological polar surface area (TPSA) is 261 Å². The van der Waals surface area contributed by atoms with Crippen molar-refractivity contribution in [1.29, 1.82) is 0 Å². The molecule has 18 nitrogen and oxygen atoms in total. The van der Waals surface area contributed by atoms with Gasteiger partial charge in [0.05, 0.1) is 9.79 Å². The van der Waals surface area contributed by atoms with Gasteiger partial charge >= 0.3 is 24.0 Å². The summed E-state index contributed by atoms with van der Waals surface area (Å²) in [6.45, 7) is 9.28. The monoisotopic (exact) mass is 1090 g/mol. The van der Waals surface area contributed by atoms with E-state index in [1.807, 2.05) is 50.6 Å². The maximum atomic E-state index is 12.9. The SMILES string of the molecule is CCCCc1nc(SC)c(C(=O)O)n1Cc1ccc(-c2ccccc2S(=O)(=O)NC(=O)NCCC)cc1.CCCCc1nc(SC)c(C(=O)O)n1Cc1ccc(-c2ccccc2S(=O)(=O)NC(=O)NCCC)cc1.